The molecule has 0 bridgehead atoms. The highest BCUT2D eigenvalue weighted by Crippen LogP contribution is 2.11. The Kier molecular flexibility index (Phi) is 4.30. The molecule has 0 unspecified atom stereocenters. The van der Waals surface area contributed by atoms with E-state index in [1.54, 1.807) is 35.7 Å². The van der Waals surface area contributed by atoms with E-state index in [4.69, 9.17) is 0 Å². The van der Waals surface area contributed by atoms with Crippen molar-refractivity contribution in [1.29, 1.82) is 0 Å². The van der Waals surface area contributed by atoms with Crippen molar-refractivity contribution in [3.05, 3.63) is 46.4 Å². The summed E-state index contributed by atoms with van der Waals surface area (Å²) >= 11 is 1.59. The molecule has 0 saturated heterocycles. The molecule has 1 aromatic carbocycles. The van der Waals surface area contributed by atoms with Gasteiger partial charge in [-0.05, 0) is 17.7 Å². The highest BCUT2D eigenvalue weighted by Gasteiger charge is 2.04. The van der Waals surface area contributed by atoms with Gasteiger partial charge in [-0.2, -0.15) is 0 Å². The summed E-state index contributed by atoms with van der Waals surface area (Å²) in [6.07, 6.45) is 2.80. The van der Waals surface area contributed by atoms with Crippen LogP contribution in [0, 0.1) is 0 Å². The Bertz CT molecular complexity index is 511. The third kappa shape index (κ3) is 3.85. The largest absolute Gasteiger partial charge is 0.508 e. The third-order valence-electron chi connectivity index (χ3n) is 2.42. The van der Waals surface area contributed by atoms with Crippen LogP contribution in [0.15, 0.2) is 35.8 Å². The van der Waals surface area contributed by atoms with E-state index in [1.165, 1.54) is 0 Å². The molecule has 0 aliphatic carbocycles. The molecule has 0 saturated carbocycles. The van der Waals surface area contributed by atoms with Crippen LogP contribution in [-0.2, 0) is 17.6 Å². The molecule has 4 nitrogen and oxygen atoms in total. The van der Waals surface area contributed by atoms with E-state index in [1.807, 2.05) is 11.4 Å². The second-order valence-electron chi connectivity index (χ2n) is 3.87. The Hall–Kier alpha value is -1.88. The molecule has 2 N–H and O–H groups in total. The van der Waals surface area contributed by atoms with Crippen molar-refractivity contribution in [2.24, 2.45) is 0 Å². The van der Waals surface area contributed by atoms with Crippen LogP contribution in [0.3, 0.4) is 0 Å². The van der Waals surface area contributed by atoms with Gasteiger partial charge in [0.2, 0.25) is 5.91 Å². The van der Waals surface area contributed by atoms with Gasteiger partial charge in [-0.3, -0.25) is 4.79 Å². The molecule has 1 heterocycles. The first-order valence-corrected chi connectivity index (χ1v) is 6.55. The molecule has 0 atom stereocenters. The standard InChI is InChI=1S/C13H14N2O2S/c16-11-3-1-2-10(8-11)9-12(17)14-5-4-13-15-6-7-18-13/h1-3,6-8,16H,4-5,9H2,(H,14,17). The van der Waals surface area contributed by atoms with E-state index < -0.39 is 0 Å². The Balaban J connectivity index is 1.75. The van der Waals surface area contributed by atoms with Gasteiger partial charge < -0.3 is 10.4 Å². The van der Waals surface area contributed by atoms with Crippen molar-refractivity contribution in [3.63, 3.8) is 0 Å². The molecule has 2 aromatic rings. The molecular weight excluding hydrogens is 248 g/mol. The van der Waals surface area contributed by atoms with E-state index in [9.17, 15) is 9.90 Å². The number of hydrogen-bond donors (Lipinski definition) is 2. The van der Waals surface area contributed by atoms with Crippen molar-refractivity contribution < 1.29 is 9.90 Å². The van der Waals surface area contributed by atoms with Gasteiger partial charge in [0.05, 0.1) is 11.4 Å². The van der Waals surface area contributed by atoms with Crippen LogP contribution in [-0.4, -0.2) is 22.5 Å². The SMILES string of the molecule is O=C(Cc1cccc(O)c1)NCCc1nccs1. The van der Waals surface area contributed by atoms with Gasteiger partial charge in [0, 0.05) is 24.5 Å². The Morgan fingerprint density at radius 2 is 2.33 bits per heavy atom. The van der Waals surface area contributed by atoms with Crippen LogP contribution >= 0.6 is 11.3 Å². The fourth-order valence-electron chi connectivity index (χ4n) is 1.60. The minimum Gasteiger partial charge on any atom is -0.508 e. The topological polar surface area (TPSA) is 62.2 Å². The monoisotopic (exact) mass is 262 g/mol. The van der Waals surface area contributed by atoms with Gasteiger partial charge >= 0.3 is 0 Å². The second kappa shape index (κ2) is 6.16. The van der Waals surface area contributed by atoms with Crippen molar-refractivity contribution in [3.8, 4) is 5.75 Å². The third-order valence-corrected chi connectivity index (χ3v) is 3.26. The number of carbonyl (C=O) groups excluding carboxylic acids is 1. The first-order chi connectivity index (χ1) is 8.74. The predicted molar refractivity (Wildman–Crippen MR) is 70.6 cm³/mol. The Morgan fingerprint density at radius 1 is 1.44 bits per heavy atom. The van der Waals surface area contributed by atoms with Crippen LogP contribution in [0.1, 0.15) is 10.6 Å². The first-order valence-electron chi connectivity index (χ1n) is 5.67. The molecule has 5 heteroatoms. The molecule has 0 radical (unpaired) electrons. The number of rotatable bonds is 5. The summed E-state index contributed by atoms with van der Waals surface area (Å²) in [5.74, 6) is 0.139. The normalized spacial score (nSPS) is 10.2. The summed E-state index contributed by atoms with van der Waals surface area (Å²) in [5.41, 5.74) is 0.807. The molecule has 1 amide bonds. The lowest BCUT2D eigenvalue weighted by molar-refractivity contribution is -0.120. The summed E-state index contributed by atoms with van der Waals surface area (Å²) in [5, 5.41) is 15.1. The van der Waals surface area contributed by atoms with Gasteiger partial charge in [0.1, 0.15) is 5.75 Å². The molecule has 1 aromatic heterocycles. The van der Waals surface area contributed by atoms with E-state index in [2.05, 4.69) is 10.3 Å². The zero-order valence-corrected chi connectivity index (χ0v) is 10.6. The second-order valence-corrected chi connectivity index (χ2v) is 4.85. The highest BCUT2D eigenvalue weighted by molar-refractivity contribution is 7.09. The molecule has 0 aliphatic heterocycles. The van der Waals surface area contributed by atoms with E-state index in [-0.39, 0.29) is 18.1 Å². The van der Waals surface area contributed by atoms with Crippen LogP contribution in [0.5, 0.6) is 5.75 Å². The lowest BCUT2D eigenvalue weighted by atomic mass is 10.1. The average Bonchev–Trinajstić information content (AvgIpc) is 2.82. The maximum Gasteiger partial charge on any atom is 0.224 e. The van der Waals surface area contributed by atoms with E-state index in [0.717, 1.165) is 17.0 Å². The van der Waals surface area contributed by atoms with Crippen LogP contribution in [0.2, 0.25) is 0 Å². The van der Waals surface area contributed by atoms with Crippen molar-refractivity contribution >= 4 is 17.2 Å². The minimum absolute atomic E-state index is 0.0443. The minimum atomic E-state index is -0.0443. The average molecular weight is 262 g/mol. The zero-order chi connectivity index (χ0) is 12.8. The molecular formula is C13H14N2O2S. The van der Waals surface area contributed by atoms with Gasteiger partial charge in [-0.1, -0.05) is 12.1 Å². The smallest absolute Gasteiger partial charge is 0.224 e. The summed E-state index contributed by atoms with van der Waals surface area (Å²) in [7, 11) is 0. The van der Waals surface area contributed by atoms with Crippen LogP contribution in [0.25, 0.3) is 0 Å². The number of carbonyl (C=O) groups is 1. The summed E-state index contributed by atoms with van der Waals surface area (Å²) < 4.78 is 0. The lowest BCUT2D eigenvalue weighted by Gasteiger charge is -2.04. The maximum atomic E-state index is 11.6. The Labute approximate surface area is 109 Å². The predicted octanol–water partition coefficient (Wildman–Crippen LogP) is 1.75. The molecule has 2 rings (SSSR count). The van der Waals surface area contributed by atoms with Crippen molar-refractivity contribution in [2.45, 2.75) is 12.8 Å². The number of amides is 1. The number of phenols is 1. The zero-order valence-electron chi connectivity index (χ0n) is 9.80. The van der Waals surface area contributed by atoms with Gasteiger partial charge in [0.25, 0.3) is 0 Å². The Morgan fingerprint density at radius 3 is 3.06 bits per heavy atom. The number of nitrogens with one attached hydrogen (secondary N) is 1. The fraction of sp³-hybridized carbons (Fsp3) is 0.231. The number of benzene rings is 1. The van der Waals surface area contributed by atoms with E-state index in [0.29, 0.717) is 6.54 Å². The molecule has 0 fully saturated rings. The molecule has 94 valence electrons. The number of aromatic nitrogens is 1. The lowest BCUT2D eigenvalue weighted by Crippen LogP contribution is -2.27. The highest BCUT2D eigenvalue weighted by atomic mass is 32.1. The van der Waals surface area contributed by atoms with Gasteiger partial charge in [-0.25, -0.2) is 4.98 Å². The number of hydrogen-bond acceptors (Lipinski definition) is 4. The van der Waals surface area contributed by atoms with Gasteiger partial charge in [-0.15, -0.1) is 11.3 Å². The van der Waals surface area contributed by atoms with Crippen molar-refractivity contribution in [1.82, 2.24) is 10.3 Å². The quantitative estimate of drug-likeness (QED) is 0.863. The van der Waals surface area contributed by atoms with E-state index >= 15 is 0 Å². The molecule has 0 spiro atoms. The van der Waals surface area contributed by atoms with Crippen LogP contribution in [0.4, 0.5) is 0 Å². The summed E-state index contributed by atoms with van der Waals surface area (Å²) in [6, 6.07) is 6.73. The molecule has 0 aliphatic rings. The van der Waals surface area contributed by atoms with Gasteiger partial charge in [0.15, 0.2) is 0 Å². The summed E-state index contributed by atoms with van der Waals surface area (Å²) in [6.45, 7) is 0.588. The maximum absolute atomic E-state index is 11.6. The number of phenolic OH excluding ortho intramolecular Hbond substituents is 1. The van der Waals surface area contributed by atoms with Crippen molar-refractivity contribution in [2.75, 3.05) is 6.54 Å². The number of aromatic hydroxyl groups is 1. The van der Waals surface area contributed by atoms with Crippen LogP contribution < -0.4 is 5.32 Å². The summed E-state index contributed by atoms with van der Waals surface area (Å²) in [4.78, 5) is 15.8. The number of nitrogens with zero attached hydrogens (tertiary/aromatic N) is 1. The fourth-order valence-corrected chi connectivity index (χ4v) is 2.22. The molecule has 18 heavy (non-hydrogen) atoms. The first kappa shape index (κ1) is 12.6. The number of thiazole rings is 1.